The average molecular weight is 410 g/mol. The van der Waals surface area contributed by atoms with Crippen LogP contribution in [0.15, 0.2) is 42.5 Å². The lowest BCUT2D eigenvalue weighted by Crippen LogP contribution is -2.28. The van der Waals surface area contributed by atoms with E-state index in [0.29, 0.717) is 33.6 Å². The number of nitrogens with zero attached hydrogens (tertiary/aromatic N) is 2. The molecule has 3 heterocycles. The van der Waals surface area contributed by atoms with Gasteiger partial charge in [-0.25, -0.2) is 4.68 Å². The number of aryl methyl sites for hydroxylation is 1. The normalized spacial score (nSPS) is 17.0. The van der Waals surface area contributed by atoms with E-state index in [4.69, 9.17) is 21.1 Å². The smallest absolute Gasteiger partial charge is 0.231 e. The predicted molar refractivity (Wildman–Crippen MR) is 106 cm³/mol. The molecule has 1 amide bonds. The Bertz CT molecular complexity index is 1150. The Hall–Kier alpha value is -3.32. The van der Waals surface area contributed by atoms with Gasteiger partial charge in [0.25, 0.3) is 0 Å². The molecule has 29 heavy (non-hydrogen) atoms. The lowest BCUT2D eigenvalue weighted by atomic mass is 9.85. The topological polar surface area (TPSA) is 82.5 Å². The number of nitrogens with one attached hydrogen (secondary N) is 1. The number of ether oxygens (including phenoxy) is 2. The molecule has 1 N–H and O–H groups in total. The monoisotopic (exact) mass is 409 g/mol. The fourth-order valence-electron chi connectivity index (χ4n) is 3.79. The summed E-state index contributed by atoms with van der Waals surface area (Å²) in [5.74, 6) is 0.644. The van der Waals surface area contributed by atoms with Crippen molar-refractivity contribution in [2.75, 3.05) is 12.1 Å². The quantitative estimate of drug-likeness (QED) is 0.664. The third kappa shape index (κ3) is 2.94. The second kappa shape index (κ2) is 6.63. The molecule has 1 aromatic heterocycles. The van der Waals surface area contributed by atoms with Gasteiger partial charge >= 0.3 is 0 Å². The zero-order chi connectivity index (χ0) is 20.1. The lowest BCUT2D eigenvalue weighted by molar-refractivity contribution is -0.116. The molecule has 0 saturated heterocycles. The summed E-state index contributed by atoms with van der Waals surface area (Å²) in [4.78, 5) is 25.8. The van der Waals surface area contributed by atoms with Gasteiger partial charge in [0.2, 0.25) is 12.7 Å². The van der Waals surface area contributed by atoms with Gasteiger partial charge in [0.15, 0.2) is 17.3 Å². The van der Waals surface area contributed by atoms with Gasteiger partial charge in [0, 0.05) is 22.6 Å². The number of amides is 1. The number of carbonyl (C=O) groups is 2. The van der Waals surface area contributed by atoms with E-state index in [1.54, 1.807) is 35.0 Å². The first kappa shape index (κ1) is 17.8. The van der Waals surface area contributed by atoms with Gasteiger partial charge in [-0.05, 0) is 49.4 Å². The van der Waals surface area contributed by atoms with E-state index < -0.39 is 5.92 Å². The van der Waals surface area contributed by atoms with Crippen molar-refractivity contribution in [2.24, 2.45) is 0 Å². The number of benzene rings is 2. The molecule has 0 bridgehead atoms. The van der Waals surface area contributed by atoms with Crippen molar-refractivity contribution < 1.29 is 19.1 Å². The Balaban J connectivity index is 1.58. The van der Waals surface area contributed by atoms with Crippen LogP contribution in [0, 0.1) is 6.92 Å². The number of aromatic nitrogens is 2. The van der Waals surface area contributed by atoms with Crippen molar-refractivity contribution in [3.63, 3.8) is 0 Å². The molecule has 3 aromatic rings. The molecule has 2 aromatic carbocycles. The van der Waals surface area contributed by atoms with Gasteiger partial charge in [0.05, 0.1) is 17.3 Å². The molecule has 146 valence electrons. The Kier molecular flexibility index (Phi) is 4.06. The zero-order valence-corrected chi connectivity index (χ0v) is 16.2. The first-order chi connectivity index (χ1) is 14.0. The summed E-state index contributed by atoms with van der Waals surface area (Å²) < 4.78 is 12.3. The van der Waals surface area contributed by atoms with Crippen LogP contribution in [0.2, 0.25) is 5.02 Å². The van der Waals surface area contributed by atoms with Crippen LogP contribution < -0.4 is 14.8 Å². The standard InChI is InChI=1S/C21H16ClN3O4/c1-11-19-15(20(27)12-2-7-16-17(8-12)29-10-28-16)9-18(26)23-21(19)25(24-11)14-5-3-13(22)4-6-14/h2-8,15H,9-10H2,1H3,(H,23,26)/t15-/m0/s1. The zero-order valence-electron chi connectivity index (χ0n) is 15.4. The minimum atomic E-state index is -0.625. The van der Waals surface area contributed by atoms with E-state index in [0.717, 1.165) is 11.3 Å². The number of hydrogen-bond donors (Lipinski definition) is 1. The van der Waals surface area contributed by atoms with E-state index in [2.05, 4.69) is 10.4 Å². The highest BCUT2D eigenvalue weighted by Gasteiger charge is 2.36. The Morgan fingerprint density at radius 2 is 1.93 bits per heavy atom. The number of Topliss-reactive ketones (excluding diaryl/α,β-unsaturated/α-hetero) is 1. The SMILES string of the molecule is Cc1nn(-c2ccc(Cl)cc2)c2c1[C@@H](C(=O)c1ccc3c(c1)OCO3)CC(=O)N2. The molecule has 0 saturated carbocycles. The van der Waals surface area contributed by atoms with Crippen LogP contribution >= 0.6 is 11.6 Å². The van der Waals surface area contributed by atoms with Crippen molar-refractivity contribution in [2.45, 2.75) is 19.3 Å². The number of fused-ring (bicyclic) bond motifs is 2. The molecular formula is C21H16ClN3O4. The highest BCUT2D eigenvalue weighted by molar-refractivity contribution is 6.30. The van der Waals surface area contributed by atoms with Gasteiger partial charge in [-0.15, -0.1) is 0 Å². The molecule has 0 unspecified atom stereocenters. The highest BCUT2D eigenvalue weighted by atomic mass is 35.5. The Labute approximate surface area is 171 Å². The van der Waals surface area contributed by atoms with E-state index in [-0.39, 0.29) is 24.9 Å². The maximum Gasteiger partial charge on any atom is 0.231 e. The third-order valence-electron chi connectivity index (χ3n) is 5.15. The number of carbonyl (C=O) groups excluding carboxylic acids is 2. The summed E-state index contributed by atoms with van der Waals surface area (Å²) in [5, 5.41) is 8.05. The van der Waals surface area contributed by atoms with Gasteiger partial charge < -0.3 is 14.8 Å². The summed E-state index contributed by atoms with van der Waals surface area (Å²) in [5.41, 5.74) is 2.63. The molecule has 0 radical (unpaired) electrons. The van der Waals surface area contributed by atoms with Crippen LogP contribution in [-0.4, -0.2) is 28.3 Å². The second-order valence-corrected chi connectivity index (χ2v) is 7.41. The van der Waals surface area contributed by atoms with E-state index in [9.17, 15) is 9.59 Å². The maximum atomic E-state index is 13.3. The average Bonchev–Trinajstić information content (AvgIpc) is 3.31. The molecular weight excluding hydrogens is 394 g/mol. The van der Waals surface area contributed by atoms with Crippen LogP contribution in [0.1, 0.15) is 34.0 Å². The molecule has 0 spiro atoms. The molecule has 7 nitrogen and oxygen atoms in total. The number of anilines is 1. The summed E-state index contributed by atoms with van der Waals surface area (Å²) in [6.45, 7) is 1.97. The summed E-state index contributed by atoms with van der Waals surface area (Å²) in [6.07, 6.45) is 0.0629. The number of ketones is 1. The second-order valence-electron chi connectivity index (χ2n) is 6.97. The largest absolute Gasteiger partial charge is 0.454 e. The molecule has 2 aliphatic heterocycles. The number of halogens is 1. The summed E-state index contributed by atoms with van der Waals surface area (Å²) in [6, 6.07) is 12.2. The van der Waals surface area contributed by atoms with Crippen LogP contribution in [-0.2, 0) is 4.79 Å². The number of rotatable bonds is 3. The van der Waals surface area contributed by atoms with Crippen molar-refractivity contribution in [3.8, 4) is 17.2 Å². The van der Waals surface area contributed by atoms with Crippen LogP contribution in [0.25, 0.3) is 5.69 Å². The molecule has 1 atom stereocenters. The van der Waals surface area contributed by atoms with Crippen LogP contribution in [0.3, 0.4) is 0 Å². The van der Waals surface area contributed by atoms with Gasteiger partial charge in [0.1, 0.15) is 5.82 Å². The van der Waals surface area contributed by atoms with Gasteiger partial charge in [-0.2, -0.15) is 5.10 Å². The molecule has 0 fully saturated rings. The first-order valence-electron chi connectivity index (χ1n) is 9.10. The fraction of sp³-hybridized carbons (Fsp3) is 0.190. The number of hydrogen-bond acceptors (Lipinski definition) is 5. The lowest BCUT2D eigenvalue weighted by Gasteiger charge is -2.23. The van der Waals surface area contributed by atoms with Gasteiger partial charge in [-0.1, -0.05) is 11.6 Å². The summed E-state index contributed by atoms with van der Waals surface area (Å²) >= 11 is 5.98. The van der Waals surface area contributed by atoms with Crippen LogP contribution in [0.4, 0.5) is 5.82 Å². The maximum absolute atomic E-state index is 13.3. The van der Waals surface area contributed by atoms with E-state index >= 15 is 0 Å². The predicted octanol–water partition coefficient (Wildman–Crippen LogP) is 3.87. The van der Waals surface area contributed by atoms with Crippen molar-refractivity contribution >= 4 is 29.1 Å². The molecule has 0 aliphatic carbocycles. The van der Waals surface area contributed by atoms with Crippen molar-refractivity contribution in [1.82, 2.24) is 9.78 Å². The van der Waals surface area contributed by atoms with Crippen LogP contribution in [0.5, 0.6) is 11.5 Å². The van der Waals surface area contributed by atoms with Crippen molar-refractivity contribution in [3.05, 3.63) is 64.3 Å². The molecule has 5 rings (SSSR count). The third-order valence-corrected chi connectivity index (χ3v) is 5.40. The Morgan fingerprint density at radius 1 is 1.17 bits per heavy atom. The van der Waals surface area contributed by atoms with Crippen molar-refractivity contribution in [1.29, 1.82) is 0 Å². The fourth-order valence-corrected chi connectivity index (χ4v) is 3.92. The van der Waals surface area contributed by atoms with E-state index in [1.807, 2.05) is 19.1 Å². The van der Waals surface area contributed by atoms with Gasteiger partial charge in [-0.3, -0.25) is 9.59 Å². The minimum Gasteiger partial charge on any atom is -0.454 e. The summed E-state index contributed by atoms with van der Waals surface area (Å²) in [7, 11) is 0. The first-order valence-corrected chi connectivity index (χ1v) is 9.48. The van der Waals surface area contributed by atoms with E-state index in [1.165, 1.54) is 0 Å². The molecule has 2 aliphatic rings. The Morgan fingerprint density at radius 3 is 2.72 bits per heavy atom. The minimum absolute atomic E-state index is 0.0629. The highest BCUT2D eigenvalue weighted by Crippen LogP contribution is 2.40. The molecule has 8 heteroatoms.